The van der Waals surface area contributed by atoms with Gasteiger partial charge >= 0.3 is 0 Å². The minimum Gasteiger partial charge on any atom is -0.496 e. The Morgan fingerprint density at radius 3 is 2.71 bits per heavy atom. The summed E-state index contributed by atoms with van der Waals surface area (Å²) in [4.78, 5) is 14.7. The van der Waals surface area contributed by atoms with Crippen LogP contribution < -0.4 is 14.4 Å². The van der Waals surface area contributed by atoms with Gasteiger partial charge in [0, 0.05) is 0 Å². The predicted molar refractivity (Wildman–Crippen MR) is 81.2 cm³/mol. The number of hydrogen-bond acceptors (Lipinski definition) is 3. The van der Waals surface area contributed by atoms with Crippen molar-refractivity contribution in [1.29, 1.82) is 0 Å². The first-order chi connectivity index (χ1) is 10.2. The lowest BCUT2D eigenvalue weighted by atomic mass is 10.1. The topological polar surface area (TPSA) is 38.8 Å². The Balaban J connectivity index is 2.05. The highest BCUT2D eigenvalue weighted by Gasteiger charge is 2.31. The van der Waals surface area contributed by atoms with Gasteiger partial charge < -0.3 is 9.47 Å². The summed E-state index contributed by atoms with van der Waals surface area (Å²) in [6.07, 6.45) is 0. The highest BCUT2D eigenvalue weighted by Crippen LogP contribution is 2.35. The lowest BCUT2D eigenvalue weighted by molar-refractivity contribution is 0.0958. The number of fused-ring (bicyclic) bond motifs is 1. The van der Waals surface area contributed by atoms with Crippen molar-refractivity contribution in [3.63, 3.8) is 0 Å². The van der Waals surface area contributed by atoms with E-state index in [1.54, 1.807) is 24.1 Å². The summed E-state index contributed by atoms with van der Waals surface area (Å²) in [6.45, 7) is 2.46. The Morgan fingerprint density at radius 2 is 1.90 bits per heavy atom. The third-order valence-electron chi connectivity index (χ3n) is 3.60. The van der Waals surface area contributed by atoms with Gasteiger partial charge in [0.05, 0.1) is 24.4 Å². The maximum atomic E-state index is 12.9. The van der Waals surface area contributed by atoms with E-state index < -0.39 is 0 Å². The number of rotatable bonds is 2. The number of ether oxygens (including phenoxy) is 2. The normalized spacial score (nSPS) is 16.9. The highest BCUT2D eigenvalue weighted by molar-refractivity contribution is 6.09. The van der Waals surface area contributed by atoms with Crippen molar-refractivity contribution in [2.45, 2.75) is 13.0 Å². The minimum absolute atomic E-state index is 0.0303. The number of methoxy groups -OCH3 is 1. The van der Waals surface area contributed by atoms with Crippen molar-refractivity contribution in [3.05, 3.63) is 54.1 Å². The molecule has 1 amide bonds. The second-order valence-corrected chi connectivity index (χ2v) is 5.00. The molecule has 0 spiro atoms. The van der Waals surface area contributed by atoms with E-state index in [4.69, 9.17) is 9.47 Å². The molecule has 0 saturated carbocycles. The molecular weight excluding hydrogens is 266 g/mol. The van der Waals surface area contributed by atoms with Crippen LogP contribution in [-0.4, -0.2) is 25.7 Å². The molecule has 0 bridgehead atoms. The molecular formula is C17H17NO3. The number of benzene rings is 2. The van der Waals surface area contributed by atoms with Gasteiger partial charge in [-0.2, -0.15) is 0 Å². The van der Waals surface area contributed by atoms with E-state index in [1.165, 1.54) is 0 Å². The lowest BCUT2D eigenvalue weighted by Crippen LogP contribution is -2.45. The van der Waals surface area contributed by atoms with E-state index in [0.29, 0.717) is 17.9 Å². The zero-order chi connectivity index (χ0) is 14.8. The number of hydrogen-bond donors (Lipinski definition) is 0. The van der Waals surface area contributed by atoms with E-state index >= 15 is 0 Å². The smallest absolute Gasteiger partial charge is 0.262 e. The van der Waals surface area contributed by atoms with E-state index in [-0.39, 0.29) is 11.9 Å². The molecule has 2 aromatic rings. The second kappa shape index (κ2) is 5.48. The maximum Gasteiger partial charge on any atom is 0.262 e. The zero-order valence-electron chi connectivity index (χ0n) is 12.1. The molecule has 1 unspecified atom stereocenters. The molecule has 108 valence electrons. The molecule has 0 aromatic heterocycles. The van der Waals surface area contributed by atoms with Crippen LogP contribution in [0.15, 0.2) is 48.5 Å². The average molecular weight is 283 g/mol. The molecule has 0 fully saturated rings. The number of carbonyl (C=O) groups is 1. The molecule has 0 aliphatic carbocycles. The van der Waals surface area contributed by atoms with Gasteiger partial charge in [0.2, 0.25) is 0 Å². The zero-order valence-corrected chi connectivity index (χ0v) is 12.1. The van der Waals surface area contributed by atoms with Gasteiger partial charge in [0.1, 0.15) is 18.1 Å². The predicted octanol–water partition coefficient (Wildman–Crippen LogP) is 3.12. The molecule has 0 saturated heterocycles. The highest BCUT2D eigenvalue weighted by atomic mass is 16.5. The summed E-state index contributed by atoms with van der Waals surface area (Å²) < 4.78 is 11.0. The van der Waals surface area contributed by atoms with Crippen LogP contribution in [0, 0.1) is 0 Å². The third-order valence-corrected chi connectivity index (χ3v) is 3.60. The van der Waals surface area contributed by atoms with E-state index in [9.17, 15) is 4.79 Å². The molecule has 0 N–H and O–H groups in total. The van der Waals surface area contributed by atoms with Crippen molar-refractivity contribution in [1.82, 2.24) is 0 Å². The van der Waals surface area contributed by atoms with Gasteiger partial charge in [-0.05, 0) is 31.2 Å². The largest absolute Gasteiger partial charge is 0.496 e. The molecule has 2 aromatic carbocycles. The van der Waals surface area contributed by atoms with Crippen LogP contribution in [0.25, 0.3) is 0 Å². The summed E-state index contributed by atoms with van der Waals surface area (Å²) >= 11 is 0. The molecule has 21 heavy (non-hydrogen) atoms. The summed E-state index contributed by atoms with van der Waals surface area (Å²) in [5, 5.41) is 0. The number of carbonyl (C=O) groups excluding carboxylic acids is 1. The first-order valence-electron chi connectivity index (χ1n) is 6.91. The van der Waals surface area contributed by atoms with Crippen molar-refractivity contribution in [3.8, 4) is 11.5 Å². The molecule has 1 heterocycles. The first kappa shape index (κ1) is 13.5. The standard InChI is InChI=1S/C17H17NO3/c1-12-11-21-16-10-6-4-8-14(16)18(12)17(19)13-7-3-5-9-15(13)20-2/h3-10,12H,11H2,1-2H3. The Morgan fingerprint density at radius 1 is 1.19 bits per heavy atom. The van der Waals surface area contributed by atoms with Crippen LogP contribution in [-0.2, 0) is 0 Å². The Hall–Kier alpha value is -2.49. The molecule has 1 atom stereocenters. The maximum absolute atomic E-state index is 12.9. The fourth-order valence-electron chi connectivity index (χ4n) is 2.56. The van der Waals surface area contributed by atoms with E-state index in [0.717, 1.165) is 11.4 Å². The van der Waals surface area contributed by atoms with Crippen molar-refractivity contribution < 1.29 is 14.3 Å². The Bertz CT molecular complexity index is 669. The molecule has 4 nitrogen and oxygen atoms in total. The minimum atomic E-state index is -0.0734. The third kappa shape index (κ3) is 2.33. The van der Waals surface area contributed by atoms with Crippen LogP contribution in [0.1, 0.15) is 17.3 Å². The van der Waals surface area contributed by atoms with Gasteiger partial charge in [-0.25, -0.2) is 0 Å². The number of para-hydroxylation sites is 3. The van der Waals surface area contributed by atoms with Crippen molar-refractivity contribution in [2.24, 2.45) is 0 Å². The van der Waals surface area contributed by atoms with Crippen LogP contribution in [0.4, 0.5) is 5.69 Å². The first-order valence-corrected chi connectivity index (χ1v) is 6.91. The number of anilines is 1. The van der Waals surface area contributed by atoms with Crippen molar-refractivity contribution in [2.75, 3.05) is 18.6 Å². The van der Waals surface area contributed by atoms with Gasteiger partial charge in [0.15, 0.2) is 0 Å². The Kier molecular flexibility index (Phi) is 3.52. The summed E-state index contributed by atoms with van der Waals surface area (Å²) in [7, 11) is 1.57. The fraction of sp³-hybridized carbons (Fsp3) is 0.235. The summed E-state index contributed by atoms with van der Waals surface area (Å²) in [5.74, 6) is 1.24. The van der Waals surface area contributed by atoms with Crippen molar-refractivity contribution >= 4 is 11.6 Å². The number of nitrogens with zero attached hydrogens (tertiary/aromatic N) is 1. The van der Waals surface area contributed by atoms with Crippen LogP contribution in [0.3, 0.4) is 0 Å². The molecule has 4 heteroatoms. The van der Waals surface area contributed by atoms with Gasteiger partial charge in [-0.1, -0.05) is 24.3 Å². The summed E-state index contributed by atoms with van der Waals surface area (Å²) in [6, 6.07) is 14.8. The molecule has 0 radical (unpaired) electrons. The number of amides is 1. The van der Waals surface area contributed by atoms with Gasteiger partial charge in [-0.15, -0.1) is 0 Å². The summed E-state index contributed by atoms with van der Waals surface area (Å²) in [5.41, 5.74) is 1.36. The molecule has 1 aliphatic rings. The van der Waals surface area contributed by atoms with Crippen LogP contribution in [0.2, 0.25) is 0 Å². The lowest BCUT2D eigenvalue weighted by Gasteiger charge is -2.35. The van der Waals surface area contributed by atoms with Gasteiger partial charge in [0.25, 0.3) is 5.91 Å². The van der Waals surface area contributed by atoms with E-state index in [2.05, 4.69) is 0 Å². The SMILES string of the molecule is COc1ccccc1C(=O)N1c2ccccc2OCC1C. The average Bonchev–Trinajstić information content (AvgIpc) is 2.54. The van der Waals surface area contributed by atoms with E-state index in [1.807, 2.05) is 43.3 Å². The van der Waals surface area contributed by atoms with Gasteiger partial charge in [-0.3, -0.25) is 9.69 Å². The quantitative estimate of drug-likeness (QED) is 0.850. The molecule has 1 aliphatic heterocycles. The van der Waals surface area contributed by atoms with Crippen LogP contribution in [0.5, 0.6) is 11.5 Å². The Labute approximate surface area is 123 Å². The molecule has 3 rings (SSSR count). The second-order valence-electron chi connectivity index (χ2n) is 5.00. The van der Waals surface area contributed by atoms with Crippen LogP contribution >= 0.6 is 0 Å². The monoisotopic (exact) mass is 283 g/mol. The fourth-order valence-corrected chi connectivity index (χ4v) is 2.56.